The van der Waals surface area contributed by atoms with Crippen molar-refractivity contribution in [1.29, 1.82) is 0 Å². The smallest absolute Gasteiger partial charge is 0.176 e. The lowest BCUT2D eigenvalue weighted by atomic mass is 10.2. The largest absolute Gasteiger partial charge is 0.360 e. The summed E-state index contributed by atoms with van der Waals surface area (Å²) in [5, 5.41) is 1.27. The molecule has 0 atom stereocenters. The summed E-state index contributed by atoms with van der Waals surface area (Å²) in [5.74, 6) is 0. The van der Waals surface area contributed by atoms with Gasteiger partial charge in [-0.05, 0) is 19.7 Å². The van der Waals surface area contributed by atoms with E-state index in [4.69, 9.17) is 0 Å². The second kappa shape index (κ2) is 3.18. The van der Waals surface area contributed by atoms with Gasteiger partial charge in [0.1, 0.15) is 0 Å². The van der Waals surface area contributed by atoms with Crippen LogP contribution < -0.4 is 4.98 Å². The van der Waals surface area contributed by atoms with Crippen LogP contribution in [-0.4, -0.2) is 24.0 Å². The Labute approximate surface area is 77.4 Å². The molecule has 0 aliphatic heterocycles. The maximum Gasteiger partial charge on any atom is 0.176 e. The van der Waals surface area contributed by atoms with Crippen molar-refractivity contribution in [2.45, 2.75) is 6.54 Å². The summed E-state index contributed by atoms with van der Waals surface area (Å²) in [6.07, 6.45) is 6.03. The van der Waals surface area contributed by atoms with Crippen LogP contribution >= 0.6 is 0 Å². The first kappa shape index (κ1) is 8.26. The van der Waals surface area contributed by atoms with E-state index in [1.807, 2.05) is 12.4 Å². The van der Waals surface area contributed by atoms with Crippen LogP contribution in [0.5, 0.6) is 0 Å². The van der Waals surface area contributed by atoms with Crippen LogP contribution in [-0.2, 0) is 6.54 Å². The Kier molecular flexibility index (Phi) is 2.02. The molecule has 3 nitrogen and oxygen atoms in total. The van der Waals surface area contributed by atoms with Crippen molar-refractivity contribution in [1.82, 2.24) is 9.88 Å². The van der Waals surface area contributed by atoms with E-state index >= 15 is 0 Å². The van der Waals surface area contributed by atoms with Gasteiger partial charge in [0.15, 0.2) is 12.4 Å². The van der Waals surface area contributed by atoms with Crippen LogP contribution in [0.4, 0.5) is 0 Å². The van der Waals surface area contributed by atoms with Crippen molar-refractivity contribution in [3.8, 4) is 0 Å². The first-order chi connectivity index (χ1) is 6.27. The van der Waals surface area contributed by atoms with Gasteiger partial charge in [-0.3, -0.25) is 0 Å². The highest BCUT2D eigenvalue weighted by atomic mass is 15.0. The van der Waals surface area contributed by atoms with Crippen LogP contribution in [0.25, 0.3) is 10.9 Å². The maximum absolute atomic E-state index is 3.25. The summed E-state index contributed by atoms with van der Waals surface area (Å²) in [6.45, 7) is 0.970. The third-order valence-corrected chi connectivity index (χ3v) is 2.10. The molecular weight excluding hydrogens is 162 g/mol. The van der Waals surface area contributed by atoms with Gasteiger partial charge in [-0.2, -0.15) is 0 Å². The summed E-state index contributed by atoms with van der Waals surface area (Å²) in [4.78, 5) is 8.51. The van der Waals surface area contributed by atoms with Gasteiger partial charge in [-0.15, -0.1) is 0 Å². The monoisotopic (exact) mass is 176 g/mol. The molecule has 2 rings (SSSR count). The minimum atomic E-state index is 0.970. The van der Waals surface area contributed by atoms with Crippen LogP contribution in [0.15, 0.2) is 24.7 Å². The van der Waals surface area contributed by atoms with Crippen molar-refractivity contribution < 1.29 is 4.98 Å². The molecule has 0 spiro atoms. The highest BCUT2D eigenvalue weighted by Gasteiger charge is 2.05. The van der Waals surface area contributed by atoms with Crippen molar-refractivity contribution in [2.75, 3.05) is 14.1 Å². The number of aromatic amines is 2. The Balaban J connectivity index is 2.46. The van der Waals surface area contributed by atoms with Gasteiger partial charge in [0.05, 0.1) is 10.9 Å². The normalized spacial score (nSPS) is 11.3. The first-order valence-corrected chi connectivity index (χ1v) is 4.38. The second-order valence-corrected chi connectivity index (χ2v) is 3.52. The molecule has 0 aliphatic carbocycles. The second-order valence-electron chi connectivity index (χ2n) is 3.52. The number of fused-ring (bicyclic) bond motifs is 1. The summed E-state index contributed by atoms with van der Waals surface area (Å²) in [7, 11) is 4.15. The van der Waals surface area contributed by atoms with Crippen molar-refractivity contribution in [3.63, 3.8) is 0 Å². The Hall–Kier alpha value is -1.35. The molecule has 0 radical (unpaired) electrons. The third-order valence-electron chi connectivity index (χ3n) is 2.10. The molecule has 68 valence electrons. The zero-order valence-corrected chi connectivity index (χ0v) is 7.96. The van der Waals surface area contributed by atoms with Crippen LogP contribution in [0, 0.1) is 0 Å². The number of aromatic nitrogens is 2. The molecule has 2 aromatic heterocycles. The number of nitrogens with one attached hydrogen (secondary N) is 2. The summed E-state index contributed by atoms with van der Waals surface area (Å²) in [5.41, 5.74) is 2.52. The van der Waals surface area contributed by atoms with E-state index < -0.39 is 0 Å². The topological polar surface area (TPSA) is 33.2 Å². The molecule has 0 amide bonds. The van der Waals surface area contributed by atoms with Gasteiger partial charge >= 0.3 is 0 Å². The predicted octanol–water partition coefficient (Wildman–Crippen LogP) is 1.04. The van der Waals surface area contributed by atoms with E-state index in [0.29, 0.717) is 0 Å². The number of nitrogens with zero attached hydrogens (tertiary/aromatic N) is 1. The highest BCUT2D eigenvalue weighted by Crippen LogP contribution is 2.15. The highest BCUT2D eigenvalue weighted by molar-refractivity contribution is 5.81. The Morgan fingerprint density at radius 2 is 2.31 bits per heavy atom. The van der Waals surface area contributed by atoms with Gasteiger partial charge in [-0.25, -0.2) is 4.98 Å². The minimum Gasteiger partial charge on any atom is -0.360 e. The average molecular weight is 176 g/mol. The zero-order valence-electron chi connectivity index (χ0n) is 7.96. The molecule has 0 aromatic carbocycles. The molecule has 3 heteroatoms. The Morgan fingerprint density at radius 1 is 1.46 bits per heavy atom. The predicted molar refractivity (Wildman–Crippen MR) is 52.2 cm³/mol. The van der Waals surface area contributed by atoms with Crippen LogP contribution in [0.2, 0.25) is 0 Å². The van der Waals surface area contributed by atoms with E-state index in [1.165, 1.54) is 16.5 Å². The number of rotatable bonds is 2. The fourth-order valence-corrected chi connectivity index (χ4v) is 1.54. The standard InChI is InChI=1S/C10H13N3/c1-13(2)7-8-5-12-10-3-4-11-6-9(8)10/h3-6,12H,7H2,1-2H3/p+1. The fourth-order valence-electron chi connectivity index (χ4n) is 1.54. The molecule has 0 saturated carbocycles. The van der Waals surface area contributed by atoms with Crippen LogP contribution in [0.3, 0.4) is 0 Å². The van der Waals surface area contributed by atoms with Gasteiger partial charge < -0.3 is 9.88 Å². The molecule has 2 aromatic rings. The summed E-state index contributed by atoms with van der Waals surface area (Å²) >= 11 is 0. The van der Waals surface area contributed by atoms with Gasteiger partial charge in [0.25, 0.3) is 0 Å². The van der Waals surface area contributed by atoms with Crippen LogP contribution in [0.1, 0.15) is 5.56 Å². The zero-order chi connectivity index (χ0) is 9.26. The van der Waals surface area contributed by atoms with Crippen molar-refractivity contribution >= 4 is 10.9 Å². The van der Waals surface area contributed by atoms with E-state index in [9.17, 15) is 0 Å². The first-order valence-electron chi connectivity index (χ1n) is 4.38. The quantitative estimate of drug-likeness (QED) is 0.728. The van der Waals surface area contributed by atoms with E-state index in [2.05, 4.69) is 41.2 Å². The summed E-state index contributed by atoms with van der Waals surface area (Å²) in [6, 6.07) is 2.05. The van der Waals surface area contributed by atoms with Crippen molar-refractivity contribution in [2.24, 2.45) is 0 Å². The minimum absolute atomic E-state index is 0.970. The Bertz CT molecular complexity index is 403. The van der Waals surface area contributed by atoms with Crippen molar-refractivity contribution in [3.05, 3.63) is 30.2 Å². The lowest BCUT2D eigenvalue weighted by molar-refractivity contribution is -0.375. The number of hydrogen-bond donors (Lipinski definition) is 1. The third kappa shape index (κ3) is 1.55. The van der Waals surface area contributed by atoms with Gasteiger partial charge in [-0.1, -0.05) is 0 Å². The number of pyridine rings is 1. The molecule has 13 heavy (non-hydrogen) atoms. The lowest BCUT2D eigenvalue weighted by Gasteiger charge is -2.06. The molecule has 2 N–H and O–H groups in total. The molecule has 0 unspecified atom stereocenters. The Morgan fingerprint density at radius 3 is 3.08 bits per heavy atom. The number of H-pyrrole nitrogens is 2. The van der Waals surface area contributed by atoms with E-state index in [-0.39, 0.29) is 0 Å². The molecule has 0 fully saturated rings. The molecule has 0 bridgehead atoms. The van der Waals surface area contributed by atoms with Gasteiger partial charge in [0.2, 0.25) is 0 Å². The summed E-state index contributed by atoms with van der Waals surface area (Å²) < 4.78 is 0. The van der Waals surface area contributed by atoms with E-state index in [1.54, 1.807) is 0 Å². The lowest BCUT2D eigenvalue weighted by Crippen LogP contribution is -2.10. The fraction of sp³-hybridized carbons (Fsp3) is 0.300. The number of hydrogen-bond acceptors (Lipinski definition) is 1. The van der Waals surface area contributed by atoms with Gasteiger partial charge in [0, 0.05) is 18.8 Å². The maximum atomic E-state index is 3.25. The average Bonchev–Trinajstić information content (AvgIpc) is 2.48. The molecular formula is C10H14N3+. The molecule has 2 heterocycles. The SMILES string of the molecule is CN(C)Cc1c[nH]c2cc[nH+]cc12. The molecule has 0 aliphatic rings. The van der Waals surface area contributed by atoms with E-state index in [0.717, 1.165) is 6.54 Å². The molecule has 0 saturated heterocycles.